The summed E-state index contributed by atoms with van der Waals surface area (Å²) in [5.41, 5.74) is 8.51. The van der Waals surface area contributed by atoms with E-state index in [9.17, 15) is 0 Å². The van der Waals surface area contributed by atoms with Gasteiger partial charge in [0, 0.05) is 41.3 Å². The Hall–Kier alpha value is -4.19. The fraction of sp³-hybridized carbons (Fsp3) is 0.0800. The minimum atomic E-state index is 0.910. The predicted octanol–water partition coefficient (Wildman–Crippen LogP) is 5.48. The predicted molar refractivity (Wildman–Crippen MR) is 124 cm³/mol. The quantitative estimate of drug-likeness (QED) is 0.410. The normalized spacial score (nSPS) is 11.5. The third-order valence-electron chi connectivity index (χ3n) is 5.99. The van der Waals surface area contributed by atoms with Crippen molar-refractivity contribution in [1.82, 2.24) is 29.7 Å². The molecule has 0 aliphatic rings. The van der Waals surface area contributed by atoms with Gasteiger partial charge < -0.3 is 9.55 Å². The topological polar surface area (TPSA) is 75.2 Å². The minimum Gasteiger partial charge on any atom is -0.353 e. The second kappa shape index (κ2) is 6.67. The minimum absolute atomic E-state index is 0.910. The molecule has 2 aromatic carbocycles. The van der Waals surface area contributed by atoms with Gasteiger partial charge in [-0.05, 0) is 54.4 Å². The summed E-state index contributed by atoms with van der Waals surface area (Å²) in [6.07, 6.45) is 5.56. The van der Waals surface area contributed by atoms with Gasteiger partial charge in [-0.25, -0.2) is 4.98 Å². The SMILES string of the molecule is Cc1ncc(-c2ccc3[nH]nc(-c4cc5c(-c6ccncc6)cccc5[nH]4)c3c2)n1C. The second-order valence-electron chi connectivity index (χ2n) is 7.77. The van der Waals surface area contributed by atoms with E-state index in [4.69, 9.17) is 0 Å². The standard InChI is InChI=1S/C25H20N6/c1-15-27-14-24(31(15)2)17-6-7-22-20(12-17)25(30-29-22)23-13-19-18(4-3-5-21(19)28-23)16-8-10-26-11-9-16/h3-14,28H,1-2H3,(H,29,30). The number of rotatable bonds is 3. The Morgan fingerprint density at radius 1 is 0.871 bits per heavy atom. The van der Waals surface area contributed by atoms with Crippen LogP contribution >= 0.6 is 0 Å². The zero-order valence-electron chi connectivity index (χ0n) is 17.2. The van der Waals surface area contributed by atoms with Gasteiger partial charge in [0.25, 0.3) is 0 Å². The molecule has 0 unspecified atom stereocenters. The average molecular weight is 404 g/mol. The Balaban J connectivity index is 1.52. The van der Waals surface area contributed by atoms with Gasteiger partial charge in [0.1, 0.15) is 11.5 Å². The molecule has 0 fully saturated rings. The summed E-state index contributed by atoms with van der Waals surface area (Å²) in [5.74, 6) is 0.988. The summed E-state index contributed by atoms with van der Waals surface area (Å²) in [6.45, 7) is 2.01. The first-order valence-corrected chi connectivity index (χ1v) is 10.2. The van der Waals surface area contributed by atoms with Gasteiger partial charge >= 0.3 is 0 Å². The molecule has 6 nitrogen and oxygen atoms in total. The number of nitrogens with zero attached hydrogens (tertiary/aromatic N) is 4. The number of aromatic amines is 2. The second-order valence-corrected chi connectivity index (χ2v) is 7.77. The third kappa shape index (κ3) is 2.76. The number of pyridine rings is 1. The van der Waals surface area contributed by atoms with Gasteiger partial charge in [0.15, 0.2) is 0 Å². The number of nitrogens with one attached hydrogen (secondary N) is 2. The molecule has 0 radical (unpaired) electrons. The highest BCUT2D eigenvalue weighted by molar-refractivity contribution is 6.01. The highest BCUT2D eigenvalue weighted by Gasteiger charge is 2.15. The van der Waals surface area contributed by atoms with Crippen molar-refractivity contribution >= 4 is 21.8 Å². The third-order valence-corrected chi connectivity index (χ3v) is 5.99. The van der Waals surface area contributed by atoms with Crippen LogP contribution in [0.5, 0.6) is 0 Å². The first kappa shape index (κ1) is 17.7. The van der Waals surface area contributed by atoms with Gasteiger partial charge in [0.05, 0.1) is 23.1 Å². The zero-order valence-corrected chi connectivity index (χ0v) is 17.2. The maximum Gasteiger partial charge on any atom is 0.116 e. The van der Waals surface area contributed by atoms with Crippen molar-refractivity contribution in [3.8, 4) is 33.8 Å². The van der Waals surface area contributed by atoms with E-state index in [0.29, 0.717) is 0 Å². The van der Waals surface area contributed by atoms with Crippen LogP contribution < -0.4 is 0 Å². The Labute approximate surface area is 178 Å². The molecule has 0 amide bonds. The van der Waals surface area contributed by atoms with E-state index in [0.717, 1.165) is 50.5 Å². The summed E-state index contributed by atoms with van der Waals surface area (Å²) in [6, 6.07) is 18.9. The maximum atomic E-state index is 4.64. The van der Waals surface area contributed by atoms with Gasteiger partial charge in [-0.3, -0.25) is 10.1 Å². The lowest BCUT2D eigenvalue weighted by Crippen LogP contribution is -1.94. The van der Waals surface area contributed by atoms with Crippen LogP contribution in [0.3, 0.4) is 0 Å². The first-order valence-electron chi connectivity index (χ1n) is 10.2. The molecule has 6 aromatic rings. The summed E-state index contributed by atoms with van der Waals surface area (Å²) in [5, 5.41) is 10.1. The van der Waals surface area contributed by atoms with Crippen LogP contribution in [0, 0.1) is 6.92 Å². The number of imidazole rings is 1. The monoisotopic (exact) mass is 404 g/mol. The van der Waals surface area contributed by atoms with E-state index in [1.807, 2.05) is 44.7 Å². The molecule has 0 spiro atoms. The number of hydrogen-bond acceptors (Lipinski definition) is 3. The van der Waals surface area contributed by atoms with Crippen LogP contribution in [0.15, 0.2) is 73.2 Å². The van der Waals surface area contributed by atoms with E-state index < -0.39 is 0 Å². The lowest BCUT2D eigenvalue weighted by Gasteiger charge is -2.04. The first-order chi connectivity index (χ1) is 15.2. The Morgan fingerprint density at radius 2 is 1.74 bits per heavy atom. The van der Waals surface area contributed by atoms with Crippen LogP contribution in [0.25, 0.3) is 55.6 Å². The van der Waals surface area contributed by atoms with Crippen molar-refractivity contribution in [3.63, 3.8) is 0 Å². The number of aromatic nitrogens is 6. The van der Waals surface area contributed by atoms with Crippen LogP contribution in [-0.2, 0) is 7.05 Å². The molecule has 0 aliphatic heterocycles. The van der Waals surface area contributed by atoms with Crippen molar-refractivity contribution < 1.29 is 0 Å². The molecule has 2 N–H and O–H groups in total. The van der Waals surface area contributed by atoms with Crippen LogP contribution in [0.4, 0.5) is 0 Å². The molecular weight excluding hydrogens is 384 g/mol. The molecule has 150 valence electrons. The van der Waals surface area contributed by atoms with E-state index in [-0.39, 0.29) is 0 Å². The molecule has 31 heavy (non-hydrogen) atoms. The van der Waals surface area contributed by atoms with Gasteiger partial charge in [-0.15, -0.1) is 0 Å². The van der Waals surface area contributed by atoms with E-state index >= 15 is 0 Å². The smallest absolute Gasteiger partial charge is 0.116 e. The summed E-state index contributed by atoms with van der Waals surface area (Å²) in [4.78, 5) is 12.1. The van der Waals surface area contributed by atoms with Gasteiger partial charge in [-0.1, -0.05) is 18.2 Å². The molecule has 0 saturated heterocycles. The fourth-order valence-electron chi connectivity index (χ4n) is 4.21. The molecule has 0 aliphatic carbocycles. The van der Waals surface area contributed by atoms with Crippen molar-refractivity contribution in [2.45, 2.75) is 6.92 Å². The van der Waals surface area contributed by atoms with Crippen LogP contribution in [0.2, 0.25) is 0 Å². The summed E-state index contributed by atoms with van der Waals surface area (Å²) < 4.78 is 2.10. The molecule has 0 atom stereocenters. The number of aryl methyl sites for hydroxylation is 1. The molecule has 6 heteroatoms. The Kier molecular flexibility index (Phi) is 3.80. The number of H-pyrrole nitrogens is 2. The van der Waals surface area contributed by atoms with Crippen molar-refractivity contribution in [3.05, 3.63) is 79.0 Å². The Bertz CT molecular complexity index is 1550. The lowest BCUT2D eigenvalue weighted by atomic mass is 10.0. The van der Waals surface area contributed by atoms with Crippen molar-refractivity contribution in [2.75, 3.05) is 0 Å². The maximum absolute atomic E-state index is 4.64. The molecule has 4 heterocycles. The molecule has 6 rings (SSSR count). The molecular formula is C25H20N6. The zero-order chi connectivity index (χ0) is 20.9. The highest BCUT2D eigenvalue weighted by Crippen LogP contribution is 2.35. The van der Waals surface area contributed by atoms with Crippen molar-refractivity contribution in [1.29, 1.82) is 0 Å². The van der Waals surface area contributed by atoms with E-state index in [1.54, 1.807) is 0 Å². The Morgan fingerprint density at radius 3 is 2.55 bits per heavy atom. The number of hydrogen-bond donors (Lipinski definition) is 2. The average Bonchev–Trinajstić information content (AvgIpc) is 3.50. The van der Waals surface area contributed by atoms with Crippen LogP contribution in [0.1, 0.15) is 5.82 Å². The molecule has 4 aromatic heterocycles. The van der Waals surface area contributed by atoms with Crippen LogP contribution in [-0.4, -0.2) is 29.7 Å². The van der Waals surface area contributed by atoms with E-state index in [2.05, 4.69) is 72.2 Å². The van der Waals surface area contributed by atoms with Gasteiger partial charge in [-0.2, -0.15) is 5.10 Å². The van der Waals surface area contributed by atoms with E-state index in [1.165, 1.54) is 10.9 Å². The number of fused-ring (bicyclic) bond motifs is 2. The summed E-state index contributed by atoms with van der Waals surface area (Å²) >= 11 is 0. The molecule has 0 bridgehead atoms. The summed E-state index contributed by atoms with van der Waals surface area (Å²) in [7, 11) is 2.04. The molecule has 0 saturated carbocycles. The van der Waals surface area contributed by atoms with Crippen molar-refractivity contribution in [2.24, 2.45) is 7.05 Å². The largest absolute Gasteiger partial charge is 0.353 e. The van der Waals surface area contributed by atoms with Gasteiger partial charge in [0.2, 0.25) is 0 Å². The number of benzene rings is 2. The lowest BCUT2D eigenvalue weighted by molar-refractivity contribution is 0.865. The fourth-order valence-corrected chi connectivity index (χ4v) is 4.21. The highest BCUT2D eigenvalue weighted by atomic mass is 15.1.